The van der Waals surface area contributed by atoms with Crippen LogP contribution in [0.5, 0.6) is 0 Å². The lowest BCUT2D eigenvalue weighted by Gasteiger charge is -2.15. The molecule has 0 aliphatic carbocycles. The third-order valence-corrected chi connectivity index (χ3v) is 2.74. The second-order valence-electron chi connectivity index (χ2n) is 4.52. The minimum atomic E-state index is -4.62. The number of carbonyl (C=O) groups is 2. The molecule has 1 heterocycles. The third kappa shape index (κ3) is 5.37. The fourth-order valence-electron chi connectivity index (χ4n) is 1.64. The van der Waals surface area contributed by atoms with Gasteiger partial charge in [0.15, 0.2) is 6.04 Å². The molecule has 0 radical (unpaired) electrons. The number of carboxylic acid groups (broad SMARTS) is 1. The molecule has 2 N–H and O–H groups in total. The zero-order valence-corrected chi connectivity index (χ0v) is 12.2. The second-order valence-corrected chi connectivity index (χ2v) is 4.52. The molecule has 9 heteroatoms. The van der Waals surface area contributed by atoms with E-state index in [0.717, 1.165) is 6.07 Å². The number of alkyl halides is 3. The van der Waals surface area contributed by atoms with Gasteiger partial charge in [-0.2, -0.15) is 13.2 Å². The summed E-state index contributed by atoms with van der Waals surface area (Å²) >= 11 is 0. The number of nitrogens with one attached hydrogen (secondary N) is 1. The number of aliphatic carboxylic acids is 1. The molecular formula is C14H15F3N2O4. The molecule has 0 fully saturated rings. The molecule has 0 aliphatic rings. The molecule has 1 amide bonds. The summed E-state index contributed by atoms with van der Waals surface area (Å²) in [5.74, 6) is -2.18. The van der Waals surface area contributed by atoms with Crippen molar-refractivity contribution in [1.29, 1.82) is 0 Å². The van der Waals surface area contributed by atoms with Crippen LogP contribution in [0.15, 0.2) is 24.8 Å². The number of halogens is 3. The van der Waals surface area contributed by atoms with Gasteiger partial charge in [-0.1, -0.05) is 6.08 Å². The van der Waals surface area contributed by atoms with Crippen LogP contribution in [0.3, 0.4) is 0 Å². The summed E-state index contributed by atoms with van der Waals surface area (Å²) in [7, 11) is 0. The molecule has 6 nitrogen and oxygen atoms in total. The number of nitrogens with zero attached hydrogens (tertiary/aromatic N) is 1. The summed E-state index contributed by atoms with van der Waals surface area (Å²) < 4.78 is 42.5. The molecular weight excluding hydrogens is 317 g/mol. The Bertz CT molecular complexity index is 602. The third-order valence-electron chi connectivity index (χ3n) is 2.74. The average Bonchev–Trinajstić information content (AvgIpc) is 2.44. The Hall–Kier alpha value is -2.42. The number of hydrogen-bond acceptors (Lipinski definition) is 4. The molecule has 23 heavy (non-hydrogen) atoms. The van der Waals surface area contributed by atoms with Crippen molar-refractivity contribution in [3.05, 3.63) is 41.7 Å². The molecule has 1 aromatic rings. The van der Waals surface area contributed by atoms with Crippen LogP contribution in [0.2, 0.25) is 0 Å². The van der Waals surface area contributed by atoms with Crippen molar-refractivity contribution in [1.82, 2.24) is 10.3 Å². The Morgan fingerprint density at radius 3 is 2.61 bits per heavy atom. The Kier molecular flexibility index (Phi) is 6.26. The highest BCUT2D eigenvalue weighted by molar-refractivity contribution is 5.97. The van der Waals surface area contributed by atoms with Crippen molar-refractivity contribution in [2.75, 3.05) is 13.2 Å². The van der Waals surface area contributed by atoms with Crippen molar-refractivity contribution >= 4 is 11.9 Å². The first-order chi connectivity index (χ1) is 10.7. The second kappa shape index (κ2) is 7.73. The lowest BCUT2D eigenvalue weighted by atomic mass is 10.1. The summed E-state index contributed by atoms with van der Waals surface area (Å²) in [5, 5.41) is 11.2. The molecule has 0 bridgehead atoms. The number of rotatable bonds is 7. The van der Waals surface area contributed by atoms with E-state index in [1.54, 1.807) is 0 Å². The molecule has 0 aromatic carbocycles. The zero-order valence-electron chi connectivity index (χ0n) is 12.2. The largest absolute Gasteiger partial charge is 0.480 e. The topological polar surface area (TPSA) is 88.5 Å². The van der Waals surface area contributed by atoms with Gasteiger partial charge in [0, 0.05) is 0 Å². The van der Waals surface area contributed by atoms with Gasteiger partial charge >= 0.3 is 12.1 Å². The van der Waals surface area contributed by atoms with Crippen molar-refractivity contribution in [3.63, 3.8) is 0 Å². The smallest absolute Gasteiger partial charge is 0.433 e. The first-order valence-corrected chi connectivity index (χ1v) is 6.44. The van der Waals surface area contributed by atoms with E-state index in [1.807, 2.05) is 0 Å². The molecule has 1 rings (SSSR count). The first-order valence-electron chi connectivity index (χ1n) is 6.44. The number of pyridine rings is 1. The Morgan fingerprint density at radius 1 is 1.48 bits per heavy atom. The van der Waals surface area contributed by atoms with E-state index in [2.05, 4.69) is 16.9 Å². The van der Waals surface area contributed by atoms with Crippen LogP contribution in [0, 0.1) is 6.92 Å². The molecule has 0 spiro atoms. The van der Waals surface area contributed by atoms with Crippen LogP contribution in [-0.2, 0) is 15.7 Å². The predicted molar refractivity (Wildman–Crippen MR) is 73.9 cm³/mol. The Labute approximate surface area is 130 Å². The number of carbonyl (C=O) groups excluding carboxylic acids is 1. The maximum atomic E-state index is 12.5. The van der Waals surface area contributed by atoms with Crippen LogP contribution < -0.4 is 5.32 Å². The van der Waals surface area contributed by atoms with Crippen molar-refractivity contribution in [2.45, 2.75) is 19.1 Å². The SMILES string of the molecule is C=CCOCC(NC(=O)c1ccc(C(F)(F)F)nc1C)C(=O)O. The molecule has 1 atom stereocenters. The minimum absolute atomic E-state index is 0.0977. The Balaban J connectivity index is 2.87. The van der Waals surface area contributed by atoms with E-state index in [1.165, 1.54) is 13.0 Å². The average molecular weight is 332 g/mol. The van der Waals surface area contributed by atoms with Gasteiger partial charge in [-0.15, -0.1) is 6.58 Å². The lowest BCUT2D eigenvalue weighted by molar-refractivity contribution is -0.141. The standard InChI is InChI=1S/C14H15F3N2O4/c1-3-6-23-7-10(13(21)22)19-12(20)9-4-5-11(14(15,16)17)18-8(9)2/h3-5,10H,1,6-7H2,2H3,(H,19,20)(H,21,22). The van der Waals surface area contributed by atoms with Gasteiger partial charge in [0.1, 0.15) is 5.69 Å². The molecule has 0 saturated carbocycles. The maximum absolute atomic E-state index is 12.5. The summed E-state index contributed by atoms with van der Waals surface area (Å²) in [6.45, 7) is 4.41. The number of aromatic nitrogens is 1. The number of aryl methyl sites for hydroxylation is 1. The number of carboxylic acids is 1. The van der Waals surface area contributed by atoms with Crippen LogP contribution in [0.4, 0.5) is 13.2 Å². The number of hydrogen-bond donors (Lipinski definition) is 2. The molecule has 0 aliphatic heterocycles. The van der Waals surface area contributed by atoms with E-state index < -0.39 is 29.8 Å². The van der Waals surface area contributed by atoms with Crippen LogP contribution in [-0.4, -0.2) is 41.2 Å². The summed E-state index contributed by atoms with van der Waals surface area (Å²) in [4.78, 5) is 26.4. The van der Waals surface area contributed by atoms with Gasteiger partial charge < -0.3 is 15.2 Å². The van der Waals surface area contributed by atoms with E-state index in [9.17, 15) is 22.8 Å². The maximum Gasteiger partial charge on any atom is 0.433 e. The van der Waals surface area contributed by atoms with Crippen LogP contribution in [0.25, 0.3) is 0 Å². The van der Waals surface area contributed by atoms with Crippen molar-refractivity contribution in [3.8, 4) is 0 Å². The van der Waals surface area contributed by atoms with E-state index in [4.69, 9.17) is 9.84 Å². The Morgan fingerprint density at radius 2 is 2.13 bits per heavy atom. The molecule has 1 unspecified atom stereocenters. The van der Waals surface area contributed by atoms with E-state index in [0.29, 0.717) is 6.07 Å². The summed E-state index contributed by atoms with van der Waals surface area (Å²) in [6.07, 6.45) is -3.22. The molecule has 1 aromatic heterocycles. The minimum Gasteiger partial charge on any atom is -0.480 e. The van der Waals surface area contributed by atoms with Crippen molar-refractivity contribution < 1.29 is 32.6 Å². The quantitative estimate of drug-likeness (QED) is 0.587. The molecule has 0 saturated heterocycles. The normalized spacial score (nSPS) is 12.5. The van der Waals surface area contributed by atoms with E-state index in [-0.39, 0.29) is 24.5 Å². The highest BCUT2D eigenvalue weighted by Crippen LogP contribution is 2.28. The lowest BCUT2D eigenvalue weighted by Crippen LogP contribution is -2.44. The monoisotopic (exact) mass is 332 g/mol. The summed E-state index contributed by atoms with van der Waals surface area (Å²) in [6, 6.07) is 0.264. The number of ether oxygens (including phenoxy) is 1. The van der Waals surface area contributed by atoms with Crippen LogP contribution in [0.1, 0.15) is 21.7 Å². The van der Waals surface area contributed by atoms with Gasteiger partial charge in [0.2, 0.25) is 0 Å². The highest BCUT2D eigenvalue weighted by Gasteiger charge is 2.33. The zero-order chi connectivity index (χ0) is 17.6. The van der Waals surface area contributed by atoms with Gasteiger partial charge in [-0.25, -0.2) is 9.78 Å². The fourth-order valence-corrected chi connectivity index (χ4v) is 1.64. The first kappa shape index (κ1) is 18.6. The number of amides is 1. The molecule has 126 valence electrons. The van der Waals surface area contributed by atoms with Gasteiger partial charge in [0.25, 0.3) is 5.91 Å². The van der Waals surface area contributed by atoms with Crippen LogP contribution >= 0.6 is 0 Å². The van der Waals surface area contributed by atoms with Crippen molar-refractivity contribution in [2.24, 2.45) is 0 Å². The van der Waals surface area contributed by atoms with Gasteiger partial charge in [-0.05, 0) is 19.1 Å². The van der Waals surface area contributed by atoms with Gasteiger partial charge in [-0.3, -0.25) is 4.79 Å². The van der Waals surface area contributed by atoms with Gasteiger partial charge in [0.05, 0.1) is 24.5 Å². The predicted octanol–water partition coefficient (Wildman–Crippen LogP) is 1.79. The van der Waals surface area contributed by atoms with E-state index >= 15 is 0 Å². The summed E-state index contributed by atoms with van der Waals surface area (Å²) in [5.41, 5.74) is -1.43. The fraction of sp³-hybridized carbons (Fsp3) is 0.357. The highest BCUT2D eigenvalue weighted by atomic mass is 19.4.